The van der Waals surface area contributed by atoms with Crippen LogP contribution >= 0.6 is 0 Å². The van der Waals surface area contributed by atoms with Gasteiger partial charge in [0.1, 0.15) is 0 Å². The van der Waals surface area contributed by atoms with Crippen molar-refractivity contribution >= 4 is 17.6 Å². The van der Waals surface area contributed by atoms with E-state index in [0.717, 1.165) is 53.5 Å². The number of guanidine groups is 1. The van der Waals surface area contributed by atoms with Crippen LogP contribution in [0.4, 0.5) is 5.69 Å². The molecule has 1 aliphatic heterocycles. The summed E-state index contributed by atoms with van der Waals surface area (Å²) in [5.74, 6) is 0.985. The number of nitrogens with zero attached hydrogens (tertiary/aromatic N) is 3. The quantitative estimate of drug-likeness (QED) is 0.439. The monoisotopic (exact) mass is 427 g/mol. The molecule has 1 amide bonds. The summed E-state index contributed by atoms with van der Waals surface area (Å²) in [6.07, 6.45) is 3.40. The van der Waals surface area contributed by atoms with E-state index in [0.29, 0.717) is 19.5 Å². The first-order valence-corrected chi connectivity index (χ1v) is 11.1. The topological polar surface area (TPSA) is 69.6 Å². The minimum atomic E-state index is 0.213. The van der Waals surface area contributed by atoms with E-state index in [1.165, 1.54) is 0 Å². The van der Waals surface area contributed by atoms with Gasteiger partial charge in [0.2, 0.25) is 5.91 Å². The molecule has 164 valence electrons. The van der Waals surface area contributed by atoms with Crippen molar-refractivity contribution in [2.45, 2.75) is 32.9 Å². The molecule has 0 atom stereocenters. The van der Waals surface area contributed by atoms with Crippen LogP contribution in [0, 0.1) is 0 Å². The molecule has 1 fully saturated rings. The molecule has 32 heavy (non-hydrogen) atoms. The molecule has 1 aromatic heterocycles. The maximum Gasteiger partial charge on any atom is 0.227 e. The molecule has 1 aliphatic rings. The van der Waals surface area contributed by atoms with Gasteiger partial charge in [0.05, 0.1) is 12.2 Å². The number of hydrogen-bond donors (Lipinski definition) is 2. The molecule has 1 saturated heterocycles. The van der Waals surface area contributed by atoms with E-state index in [4.69, 9.17) is 4.99 Å². The number of carbonyl (C=O) groups is 1. The van der Waals surface area contributed by atoms with E-state index in [1.807, 2.05) is 47.5 Å². The summed E-state index contributed by atoms with van der Waals surface area (Å²) in [6.45, 7) is 4.89. The van der Waals surface area contributed by atoms with Gasteiger partial charge in [0.25, 0.3) is 0 Å². The average Bonchev–Trinajstić information content (AvgIpc) is 3.28. The average molecular weight is 428 g/mol. The fraction of sp³-hybridized carbons (Fsp3) is 0.269. The molecular formula is C26H29N5O. The van der Waals surface area contributed by atoms with Gasteiger partial charge in [-0.05, 0) is 54.8 Å². The highest BCUT2D eigenvalue weighted by Gasteiger charge is 2.21. The zero-order valence-electron chi connectivity index (χ0n) is 18.4. The van der Waals surface area contributed by atoms with Gasteiger partial charge in [-0.1, -0.05) is 36.4 Å². The van der Waals surface area contributed by atoms with Crippen molar-refractivity contribution in [1.29, 1.82) is 0 Å². The van der Waals surface area contributed by atoms with Crippen molar-refractivity contribution < 1.29 is 4.79 Å². The van der Waals surface area contributed by atoms with Crippen molar-refractivity contribution in [3.63, 3.8) is 0 Å². The number of carbonyl (C=O) groups excluding carboxylic acids is 1. The Balaban J connectivity index is 1.38. The number of anilines is 1. The lowest BCUT2D eigenvalue weighted by Gasteiger charge is -2.16. The van der Waals surface area contributed by atoms with Gasteiger partial charge in [0, 0.05) is 43.5 Å². The Bertz CT molecular complexity index is 1060. The summed E-state index contributed by atoms with van der Waals surface area (Å²) in [4.78, 5) is 23.0. The zero-order chi connectivity index (χ0) is 22.2. The van der Waals surface area contributed by atoms with E-state index in [9.17, 15) is 4.79 Å². The molecule has 0 bridgehead atoms. The van der Waals surface area contributed by atoms with Crippen molar-refractivity contribution in [3.8, 4) is 11.3 Å². The number of rotatable bonds is 7. The second-order valence-electron chi connectivity index (χ2n) is 7.78. The van der Waals surface area contributed by atoms with E-state index in [1.54, 1.807) is 0 Å². The van der Waals surface area contributed by atoms with E-state index >= 15 is 0 Å². The molecule has 6 heteroatoms. The molecular weight excluding hydrogens is 398 g/mol. The number of nitrogens with one attached hydrogen (secondary N) is 2. The highest BCUT2D eigenvalue weighted by atomic mass is 16.2. The highest BCUT2D eigenvalue weighted by Crippen LogP contribution is 2.21. The number of pyridine rings is 1. The lowest BCUT2D eigenvalue weighted by atomic mass is 10.1. The predicted molar refractivity (Wildman–Crippen MR) is 129 cm³/mol. The first kappa shape index (κ1) is 21.6. The van der Waals surface area contributed by atoms with Crippen LogP contribution in [0.3, 0.4) is 0 Å². The normalized spacial score (nSPS) is 14.0. The van der Waals surface area contributed by atoms with Gasteiger partial charge in [0.15, 0.2) is 5.96 Å². The Morgan fingerprint density at radius 3 is 2.62 bits per heavy atom. The molecule has 0 spiro atoms. The fourth-order valence-corrected chi connectivity index (χ4v) is 3.78. The molecule has 2 aromatic carbocycles. The Morgan fingerprint density at radius 1 is 1.03 bits per heavy atom. The molecule has 0 aliphatic carbocycles. The van der Waals surface area contributed by atoms with Gasteiger partial charge < -0.3 is 15.5 Å². The first-order chi connectivity index (χ1) is 15.7. The molecule has 2 N–H and O–H groups in total. The van der Waals surface area contributed by atoms with Gasteiger partial charge in [-0.2, -0.15) is 0 Å². The molecule has 0 saturated carbocycles. The summed E-state index contributed by atoms with van der Waals surface area (Å²) >= 11 is 0. The Hall–Kier alpha value is -3.67. The van der Waals surface area contributed by atoms with Crippen LogP contribution in [0.1, 0.15) is 30.9 Å². The molecule has 0 radical (unpaired) electrons. The lowest BCUT2D eigenvalue weighted by Crippen LogP contribution is -2.36. The van der Waals surface area contributed by atoms with Crippen LogP contribution in [0.5, 0.6) is 0 Å². The van der Waals surface area contributed by atoms with Crippen molar-refractivity contribution in [1.82, 2.24) is 15.6 Å². The highest BCUT2D eigenvalue weighted by molar-refractivity contribution is 5.95. The molecule has 6 nitrogen and oxygen atoms in total. The molecule has 2 heterocycles. The predicted octanol–water partition coefficient (Wildman–Crippen LogP) is 4.13. The molecule has 4 rings (SSSR count). The second-order valence-corrected chi connectivity index (χ2v) is 7.78. The maximum atomic E-state index is 11.9. The Kier molecular flexibility index (Phi) is 7.12. The van der Waals surface area contributed by atoms with Gasteiger partial charge in [-0.15, -0.1) is 0 Å². The van der Waals surface area contributed by atoms with Crippen molar-refractivity contribution in [2.75, 3.05) is 18.0 Å². The van der Waals surface area contributed by atoms with Crippen molar-refractivity contribution in [2.24, 2.45) is 4.99 Å². The summed E-state index contributed by atoms with van der Waals surface area (Å²) in [7, 11) is 0. The third-order valence-electron chi connectivity index (χ3n) is 5.43. The SMILES string of the molecule is CCNC(=NCc1cccc(-c2ccccn2)c1)NCc1ccc(N2CCCC2=O)cc1. The van der Waals surface area contributed by atoms with E-state index in [-0.39, 0.29) is 5.91 Å². The van der Waals surface area contributed by atoms with Crippen LogP contribution in [-0.4, -0.2) is 29.9 Å². The van der Waals surface area contributed by atoms with Crippen LogP contribution in [0.25, 0.3) is 11.3 Å². The third kappa shape index (κ3) is 5.52. The van der Waals surface area contributed by atoms with Gasteiger partial charge >= 0.3 is 0 Å². The van der Waals surface area contributed by atoms with Crippen LogP contribution < -0.4 is 15.5 Å². The fourth-order valence-electron chi connectivity index (χ4n) is 3.78. The van der Waals surface area contributed by atoms with Gasteiger partial charge in [-0.3, -0.25) is 9.78 Å². The standard InChI is InChI=1S/C26H29N5O/c1-2-27-26(29-18-20-11-13-23(14-12-20)31-16-6-10-25(31)32)30-19-21-7-5-8-22(17-21)24-9-3-4-15-28-24/h3-5,7-9,11-15,17H,2,6,10,16,18-19H2,1H3,(H2,27,29,30). The van der Waals surface area contributed by atoms with Gasteiger partial charge in [-0.25, -0.2) is 4.99 Å². The number of hydrogen-bond acceptors (Lipinski definition) is 3. The van der Waals surface area contributed by atoms with E-state index < -0.39 is 0 Å². The lowest BCUT2D eigenvalue weighted by molar-refractivity contribution is -0.117. The smallest absolute Gasteiger partial charge is 0.227 e. The summed E-state index contributed by atoms with van der Waals surface area (Å²) in [5, 5.41) is 6.70. The number of aliphatic imine (C=N–C) groups is 1. The molecule has 3 aromatic rings. The molecule has 0 unspecified atom stereocenters. The summed E-state index contributed by atoms with van der Waals surface area (Å²) in [5.41, 5.74) is 5.30. The Morgan fingerprint density at radius 2 is 1.91 bits per heavy atom. The van der Waals surface area contributed by atoms with Crippen LogP contribution in [0.2, 0.25) is 0 Å². The number of aromatic nitrogens is 1. The summed E-state index contributed by atoms with van der Waals surface area (Å²) < 4.78 is 0. The maximum absolute atomic E-state index is 11.9. The third-order valence-corrected chi connectivity index (χ3v) is 5.43. The Labute approximate surface area is 189 Å². The number of amides is 1. The largest absolute Gasteiger partial charge is 0.357 e. The van der Waals surface area contributed by atoms with Crippen LogP contribution in [-0.2, 0) is 17.9 Å². The minimum absolute atomic E-state index is 0.213. The summed E-state index contributed by atoms with van der Waals surface area (Å²) in [6, 6.07) is 22.4. The second kappa shape index (κ2) is 10.6. The first-order valence-electron chi connectivity index (χ1n) is 11.1. The zero-order valence-corrected chi connectivity index (χ0v) is 18.4. The number of benzene rings is 2. The van der Waals surface area contributed by atoms with Crippen LogP contribution in [0.15, 0.2) is 77.9 Å². The van der Waals surface area contributed by atoms with E-state index in [2.05, 4.69) is 52.9 Å². The van der Waals surface area contributed by atoms with Crippen molar-refractivity contribution in [3.05, 3.63) is 84.1 Å². The minimum Gasteiger partial charge on any atom is -0.357 e.